The fraction of sp³-hybridized carbons (Fsp3) is 0.118. The number of hydrogen-bond donors (Lipinski definition) is 1. The first-order valence-corrected chi connectivity index (χ1v) is 6.45. The number of H-pyrrole nitrogens is 1. The molecule has 1 heterocycles. The second kappa shape index (κ2) is 5.61. The van der Waals surface area contributed by atoms with Crippen molar-refractivity contribution in [1.82, 2.24) is 10.2 Å². The lowest BCUT2D eigenvalue weighted by Crippen LogP contribution is -1.89. The molecule has 1 N–H and O–H groups in total. The van der Waals surface area contributed by atoms with Gasteiger partial charge in [0.2, 0.25) is 0 Å². The molecule has 0 saturated heterocycles. The Morgan fingerprint density at radius 1 is 1.00 bits per heavy atom. The van der Waals surface area contributed by atoms with Crippen molar-refractivity contribution < 1.29 is 6.11 Å². The maximum atomic E-state index is 7.02. The van der Waals surface area contributed by atoms with Crippen LogP contribution in [-0.2, 0) is 6.42 Å². The molecule has 0 spiro atoms. The Morgan fingerprint density at radius 3 is 2.30 bits per heavy atom. The fourth-order valence-electron chi connectivity index (χ4n) is 2.16. The van der Waals surface area contributed by atoms with Crippen LogP contribution in [0, 0.1) is 0 Å². The third-order valence-corrected chi connectivity index (χ3v) is 3.26. The summed E-state index contributed by atoms with van der Waals surface area (Å²) in [5.41, 5.74) is 4.64. The number of ether oxygens (including phenoxy) is 1. The largest absolute Gasteiger partial charge is 0.497 e. The molecule has 0 aliphatic carbocycles. The zero-order chi connectivity index (χ0) is 14.5. The Morgan fingerprint density at radius 2 is 1.70 bits per heavy atom. The van der Waals surface area contributed by atoms with Crippen molar-refractivity contribution in [2.45, 2.75) is 6.42 Å². The minimum atomic E-state index is -0.0472. The first kappa shape index (κ1) is 11.3. The van der Waals surface area contributed by atoms with Gasteiger partial charge in [0.15, 0.2) is 0 Å². The number of rotatable bonds is 4. The number of nitrogens with one attached hydrogen (secondary N) is 1. The van der Waals surface area contributed by atoms with E-state index in [0.717, 1.165) is 23.4 Å². The number of aromatic amines is 1. The van der Waals surface area contributed by atoms with Crippen molar-refractivity contribution in [3.8, 4) is 17.0 Å². The molecule has 2 aromatic carbocycles. The van der Waals surface area contributed by atoms with E-state index in [1.165, 1.54) is 11.1 Å². The zero-order valence-electron chi connectivity index (χ0n) is 12.0. The van der Waals surface area contributed by atoms with Crippen LogP contribution in [0.5, 0.6) is 5.75 Å². The maximum absolute atomic E-state index is 7.02. The van der Waals surface area contributed by atoms with Crippen molar-refractivity contribution in [2.75, 3.05) is 7.09 Å². The van der Waals surface area contributed by atoms with Crippen LogP contribution in [0.4, 0.5) is 0 Å². The van der Waals surface area contributed by atoms with Crippen molar-refractivity contribution in [1.29, 1.82) is 0 Å². The number of methoxy groups -OCH3 is 1. The van der Waals surface area contributed by atoms with E-state index in [-0.39, 0.29) is 7.09 Å². The molecule has 0 atom stereocenters. The van der Waals surface area contributed by atoms with Gasteiger partial charge in [-0.15, -0.1) is 0 Å². The fourth-order valence-corrected chi connectivity index (χ4v) is 2.16. The number of nitrogens with zero attached hydrogens (tertiary/aromatic N) is 1. The number of hydrogen-bond acceptors (Lipinski definition) is 2. The van der Waals surface area contributed by atoms with Crippen LogP contribution in [0.1, 0.15) is 12.5 Å². The van der Waals surface area contributed by atoms with Crippen molar-refractivity contribution >= 4 is 0 Å². The molecule has 0 unspecified atom stereocenters. The molecule has 1 aromatic heterocycles. The van der Waals surface area contributed by atoms with E-state index in [1.807, 2.05) is 30.3 Å². The van der Waals surface area contributed by atoms with Crippen molar-refractivity contribution in [2.24, 2.45) is 0 Å². The molecule has 0 amide bonds. The predicted octanol–water partition coefficient (Wildman–Crippen LogP) is 3.68. The summed E-state index contributed by atoms with van der Waals surface area (Å²) in [6.07, 6.45) is 2.63. The topological polar surface area (TPSA) is 37.9 Å². The van der Waals surface area contributed by atoms with Crippen molar-refractivity contribution in [3.63, 3.8) is 0 Å². The SMILES string of the molecule is [2H]COc1ccc(Cc2ccc(-c3ccn[nH]3)cc2)cc1. The van der Waals surface area contributed by atoms with Gasteiger partial charge in [-0.05, 0) is 41.3 Å². The standard InChI is InChI=1S/C17H16N2O/c1-20-16-8-4-14(5-9-16)12-13-2-6-15(7-3-13)17-10-11-18-19-17/h2-11H,12H2,1H3,(H,18,19)/i1D. The molecule has 0 aliphatic rings. The van der Waals surface area contributed by atoms with E-state index in [0.29, 0.717) is 0 Å². The van der Waals surface area contributed by atoms with Gasteiger partial charge in [-0.3, -0.25) is 5.10 Å². The lowest BCUT2D eigenvalue weighted by atomic mass is 10.0. The van der Waals surface area contributed by atoms with E-state index in [2.05, 4.69) is 34.5 Å². The van der Waals surface area contributed by atoms with Gasteiger partial charge in [0, 0.05) is 6.20 Å². The Bertz CT molecular complexity index is 676. The van der Waals surface area contributed by atoms with Crippen LogP contribution >= 0.6 is 0 Å². The van der Waals surface area contributed by atoms with Gasteiger partial charge >= 0.3 is 0 Å². The molecule has 3 heteroatoms. The molecule has 3 nitrogen and oxygen atoms in total. The highest BCUT2D eigenvalue weighted by atomic mass is 16.5. The molecule has 20 heavy (non-hydrogen) atoms. The van der Waals surface area contributed by atoms with Crippen molar-refractivity contribution in [3.05, 3.63) is 71.9 Å². The predicted molar refractivity (Wildman–Crippen MR) is 79.8 cm³/mol. The molecule has 0 bridgehead atoms. The molecular formula is C17H16N2O. The normalized spacial score (nSPS) is 11.1. The molecule has 3 rings (SSSR count). The Labute approximate surface area is 119 Å². The van der Waals surface area contributed by atoms with Gasteiger partial charge in [0.25, 0.3) is 0 Å². The summed E-state index contributed by atoms with van der Waals surface area (Å²) in [5.74, 6) is 0.739. The van der Waals surface area contributed by atoms with Gasteiger partial charge in [-0.2, -0.15) is 5.10 Å². The first-order valence-electron chi connectivity index (χ1n) is 7.15. The third-order valence-electron chi connectivity index (χ3n) is 3.26. The van der Waals surface area contributed by atoms with Crippen LogP contribution in [0.3, 0.4) is 0 Å². The van der Waals surface area contributed by atoms with E-state index >= 15 is 0 Å². The van der Waals surface area contributed by atoms with E-state index in [4.69, 9.17) is 6.11 Å². The van der Waals surface area contributed by atoms with Gasteiger partial charge < -0.3 is 4.74 Å². The van der Waals surface area contributed by atoms with Crippen LogP contribution in [0.15, 0.2) is 60.8 Å². The summed E-state index contributed by atoms with van der Waals surface area (Å²) in [6.45, 7) is 0. The van der Waals surface area contributed by atoms with E-state index in [9.17, 15) is 0 Å². The third kappa shape index (κ3) is 2.72. The Balaban J connectivity index is 1.70. The van der Waals surface area contributed by atoms with Gasteiger partial charge in [-0.1, -0.05) is 36.4 Å². The summed E-state index contributed by atoms with van der Waals surface area (Å²) in [5, 5.41) is 6.92. The lowest BCUT2D eigenvalue weighted by molar-refractivity contribution is 0.414. The minimum Gasteiger partial charge on any atom is -0.497 e. The number of aromatic nitrogens is 2. The summed E-state index contributed by atoms with van der Waals surface area (Å²) >= 11 is 0. The van der Waals surface area contributed by atoms with Crippen LogP contribution < -0.4 is 4.74 Å². The second-order valence-corrected chi connectivity index (χ2v) is 4.63. The highest BCUT2D eigenvalue weighted by Crippen LogP contribution is 2.19. The zero-order valence-corrected chi connectivity index (χ0v) is 11.0. The molecular weight excluding hydrogens is 248 g/mol. The van der Waals surface area contributed by atoms with Crippen LogP contribution in [0.25, 0.3) is 11.3 Å². The monoisotopic (exact) mass is 265 g/mol. The average molecular weight is 265 g/mol. The summed E-state index contributed by atoms with van der Waals surface area (Å²) in [7, 11) is -0.0472. The molecule has 0 radical (unpaired) electrons. The quantitative estimate of drug-likeness (QED) is 0.781. The van der Waals surface area contributed by atoms with Crippen LogP contribution in [-0.4, -0.2) is 17.3 Å². The maximum Gasteiger partial charge on any atom is 0.118 e. The molecule has 3 aromatic rings. The van der Waals surface area contributed by atoms with E-state index < -0.39 is 0 Å². The summed E-state index contributed by atoms with van der Waals surface area (Å²) in [4.78, 5) is 0. The Hall–Kier alpha value is -2.55. The van der Waals surface area contributed by atoms with Gasteiger partial charge in [-0.25, -0.2) is 0 Å². The number of benzene rings is 2. The molecule has 0 aliphatic heterocycles. The summed E-state index contributed by atoms with van der Waals surface area (Å²) in [6, 6.07) is 18.3. The van der Waals surface area contributed by atoms with E-state index in [1.54, 1.807) is 6.20 Å². The smallest absolute Gasteiger partial charge is 0.118 e. The molecule has 100 valence electrons. The molecule has 0 saturated carbocycles. The van der Waals surface area contributed by atoms with Gasteiger partial charge in [0.05, 0.1) is 14.2 Å². The highest BCUT2D eigenvalue weighted by Gasteiger charge is 2.00. The summed E-state index contributed by atoms with van der Waals surface area (Å²) < 4.78 is 12.1. The lowest BCUT2D eigenvalue weighted by Gasteiger charge is -2.05. The van der Waals surface area contributed by atoms with Crippen LogP contribution in [0.2, 0.25) is 0 Å². The second-order valence-electron chi connectivity index (χ2n) is 4.63. The van der Waals surface area contributed by atoms with Gasteiger partial charge in [0.1, 0.15) is 5.75 Å². The molecule has 0 fully saturated rings. The Kier molecular flexibility index (Phi) is 3.17. The minimum absolute atomic E-state index is 0.0472. The first-order chi connectivity index (χ1) is 10.3. The highest BCUT2D eigenvalue weighted by molar-refractivity contribution is 5.58. The average Bonchev–Trinajstić information content (AvgIpc) is 3.05.